The largest absolute Gasteiger partial charge is 0.350 e. The van der Waals surface area contributed by atoms with Crippen LogP contribution in [0.1, 0.15) is 17.3 Å². The zero-order valence-corrected chi connectivity index (χ0v) is 14.1. The number of benzene rings is 2. The highest BCUT2D eigenvalue weighted by Crippen LogP contribution is 2.19. The van der Waals surface area contributed by atoms with Crippen molar-refractivity contribution in [3.05, 3.63) is 64.4 Å². The summed E-state index contributed by atoms with van der Waals surface area (Å²) in [5.41, 5.74) is 0.719. The summed E-state index contributed by atoms with van der Waals surface area (Å²) in [6, 6.07) is 13.1. The molecule has 2 rings (SSSR count). The zero-order chi connectivity index (χ0) is 16.8. The molecule has 0 bridgehead atoms. The Hall–Kier alpha value is -2.21. The second-order valence-corrected chi connectivity index (χ2v) is 5.80. The fraction of sp³-hybridized carbons (Fsp3) is 0.176. The topological polar surface area (TPSA) is 49.4 Å². The van der Waals surface area contributed by atoms with Crippen LogP contribution in [0.25, 0.3) is 0 Å². The monoisotopic (exact) mass is 378 g/mol. The van der Waals surface area contributed by atoms with Gasteiger partial charge in [-0.15, -0.1) is 0 Å². The lowest BCUT2D eigenvalue weighted by Gasteiger charge is -2.21. The Morgan fingerprint density at radius 2 is 1.91 bits per heavy atom. The molecule has 6 heteroatoms. The number of anilines is 1. The van der Waals surface area contributed by atoms with E-state index in [1.165, 1.54) is 25.1 Å². The third-order valence-corrected chi connectivity index (χ3v) is 3.73. The maximum Gasteiger partial charge on any atom is 0.254 e. The highest BCUT2D eigenvalue weighted by Gasteiger charge is 2.14. The molecular formula is C17H16BrFN2O2. The first kappa shape index (κ1) is 17.1. The Kier molecular flexibility index (Phi) is 5.87. The van der Waals surface area contributed by atoms with E-state index in [9.17, 15) is 14.0 Å². The third kappa shape index (κ3) is 4.63. The molecule has 0 radical (unpaired) electrons. The second-order valence-electron chi connectivity index (χ2n) is 4.89. The smallest absolute Gasteiger partial charge is 0.254 e. The van der Waals surface area contributed by atoms with Crippen molar-refractivity contribution >= 4 is 33.4 Å². The molecule has 0 heterocycles. The summed E-state index contributed by atoms with van der Waals surface area (Å²) in [6.07, 6.45) is 0. The Labute approximate surface area is 142 Å². The maximum atomic E-state index is 13.5. The lowest BCUT2D eigenvalue weighted by atomic mass is 10.2. The first-order valence-electron chi connectivity index (χ1n) is 7.05. The Bertz CT molecular complexity index is 721. The van der Waals surface area contributed by atoms with Crippen molar-refractivity contribution in [1.29, 1.82) is 0 Å². The maximum absolute atomic E-state index is 13.5. The van der Waals surface area contributed by atoms with Crippen LogP contribution in [0.2, 0.25) is 0 Å². The van der Waals surface area contributed by atoms with E-state index in [1.54, 1.807) is 11.0 Å². The summed E-state index contributed by atoms with van der Waals surface area (Å²) in [5.74, 6) is -1.20. The van der Waals surface area contributed by atoms with Gasteiger partial charge < -0.3 is 10.2 Å². The summed E-state index contributed by atoms with van der Waals surface area (Å²) in [6.45, 7) is 1.98. The number of rotatable bonds is 5. The summed E-state index contributed by atoms with van der Waals surface area (Å²) >= 11 is 3.36. The molecule has 23 heavy (non-hydrogen) atoms. The van der Waals surface area contributed by atoms with Crippen LogP contribution in [0.5, 0.6) is 0 Å². The van der Waals surface area contributed by atoms with Gasteiger partial charge in [0.1, 0.15) is 5.82 Å². The molecular weight excluding hydrogens is 363 g/mol. The molecule has 0 saturated carbocycles. The quantitative estimate of drug-likeness (QED) is 0.866. The van der Waals surface area contributed by atoms with Gasteiger partial charge in [-0.3, -0.25) is 9.59 Å². The lowest BCUT2D eigenvalue weighted by molar-refractivity contribution is -0.116. The van der Waals surface area contributed by atoms with Gasteiger partial charge in [0.15, 0.2) is 0 Å². The van der Waals surface area contributed by atoms with E-state index in [2.05, 4.69) is 21.2 Å². The molecule has 0 spiro atoms. The predicted molar refractivity (Wildman–Crippen MR) is 90.9 cm³/mol. The van der Waals surface area contributed by atoms with Gasteiger partial charge in [0, 0.05) is 30.2 Å². The summed E-state index contributed by atoms with van der Waals surface area (Å²) in [5, 5.41) is 2.62. The fourth-order valence-corrected chi connectivity index (χ4v) is 2.52. The van der Waals surface area contributed by atoms with Crippen molar-refractivity contribution < 1.29 is 14.0 Å². The summed E-state index contributed by atoms with van der Waals surface area (Å²) in [7, 11) is 0. The molecule has 2 amide bonds. The number of nitrogens with one attached hydrogen (secondary N) is 1. The predicted octanol–water partition coefficient (Wildman–Crippen LogP) is 3.37. The molecule has 4 nitrogen and oxygen atoms in total. The van der Waals surface area contributed by atoms with E-state index in [0.717, 1.165) is 10.2 Å². The number of carbonyl (C=O) groups excluding carboxylic acids is 2. The van der Waals surface area contributed by atoms with E-state index in [-0.39, 0.29) is 18.0 Å². The molecule has 0 atom stereocenters. The van der Waals surface area contributed by atoms with Gasteiger partial charge in [0.05, 0.1) is 5.56 Å². The van der Waals surface area contributed by atoms with Gasteiger partial charge in [-0.25, -0.2) is 4.39 Å². The van der Waals surface area contributed by atoms with Crippen molar-refractivity contribution in [1.82, 2.24) is 5.32 Å². The molecule has 0 fully saturated rings. The van der Waals surface area contributed by atoms with Crippen molar-refractivity contribution in [2.75, 3.05) is 18.0 Å². The molecule has 120 valence electrons. The van der Waals surface area contributed by atoms with Crippen LogP contribution in [0.4, 0.5) is 10.1 Å². The normalized spacial score (nSPS) is 10.2. The minimum atomic E-state index is -0.569. The molecule has 0 unspecified atom stereocenters. The van der Waals surface area contributed by atoms with Gasteiger partial charge >= 0.3 is 0 Å². The number of halogens is 2. The number of carbonyl (C=O) groups is 2. The van der Waals surface area contributed by atoms with Crippen LogP contribution in [0.15, 0.2) is 53.0 Å². The van der Waals surface area contributed by atoms with E-state index in [1.807, 2.05) is 24.3 Å². The van der Waals surface area contributed by atoms with Gasteiger partial charge in [0.2, 0.25) is 5.91 Å². The summed E-state index contributed by atoms with van der Waals surface area (Å²) < 4.78 is 14.4. The van der Waals surface area contributed by atoms with Crippen LogP contribution in [0.3, 0.4) is 0 Å². The van der Waals surface area contributed by atoms with Crippen LogP contribution >= 0.6 is 15.9 Å². The minimum Gasteiger partial charge on any atom is -0.350 e. The minimum absolute atomic E-state index is 0.00988. The van der Waals surface area contributed by atoms with E-state index < -0.39 is 11.7 Å². The first-order valence-corrected chi connectivity index (χ1v) is 7.84. The first-order chi connectivity index (χ1) is 11.0. The van der Waals surface area contributed by atoms with E-state index in [4.69, 9.17) is 0 Å². The van der Waals surface area contributed by atoms with Crippen LogP contribution in [0, 0.1) is 5.82 Å². The van der Waals surface area contributed by atoms with Crippen LogP contribution in [-0.4, -0.2) is 24.9 Å². The van der Waals surface area contributed by atoms with Crippen molar-refractivity contribution in [2.45, 2.75) is 6.92 Å². The number of hydrogen-bond donors (Lipinski definition) is 1. The van der Waals surface area contributed by atoms with Gasteiger partial charge in [-0.1, -0.05) is 34.1 Å². The molecule has 2 aromatic carbocycles. The fourth-order valence-electron chi connectivity index (χ4n) is 2.13. The van der Waals surface area contributed by atoms with Gasteiger partial charge in [-0.2, -0.15) is 0 Å². The number of hydrogen-bond acceptors (Lipinski definition) is 2. The molecule has 0 aliphatic rings. The molecule has 0 aromatic heterocycles. The van der Waals surface area contributed by atoms with E-state index >= 15 is 0 Å². The van der Waals surface area contributed by atoms with Crippen LogP contribution < -0.4 is 10.2 Å². The van der Waals surface area contributed by atoms with Gasteiger partial charge in [0.25, 0.3) is 5.91 Å². The average molecular weight is 379 g/mol. The molecule has 2 aromatic rings. The van der Waals surface area contributed by atoms with Crippen molar-refractivity contribution in [3.8, 4) is 0 Å². The molecule has 0 aliphatic carbocycles. The Morgan fingerprint density at radius 1 is 1.17 bits per heavy atom. The number of amides is 2. The Morgan fingerprint density at radius 3 is 2.57 bits per heavy atom. The molecule has 1 N–H and O–H groups in total. The lowest BCUT2D eigenvalue weighted by Crippen LogP contribution is -2.37. The van der Waals surface area contributed by atoms with E-state index in [0.29, 0.717) is 6.54 Å². The summed E-state index contributed by atoms with van der Waals surface area (Å²) in [4.78, 5) is 25.3. The van der Waals surface area contributed by atoms with Crippen LogP contribution in [-0.2, 0) is 4.79 Å². The van der Waals surface area contributed by atoms with Crippen molar-refractivity contribution in [3.63, 3.8) is 0 Å². The zero-order valence-electron chi connectivity index (χ0n) is 12.6. The SMILES string of the molecule is CC(=O)N(CCNC(=O)c1ccccc1F)c1cccc(Br)c1. The average Bonchev–Trinajstić information content (AvgIpc) is 2.51. The van der Waals surface area contributed by atoms with Gasteiger partial charge in [-0.05, 0) is 30.3 Å². The molecule has 0 aliphatic heterocycles. The number of nitrogens with zero attached hydrogens (tertiary/aromatic N) is 1. The second kappa shape index (κ2) is 7.87. The van der Waals surface area contributed by atoms with Crippen molar-refractivity contribution in [2.24, 2.45) is 0 Å². The third-order valence-electron chi connectivity index (χ3n) is 3.24. The standard InChI is InChI=1S/C17H16BrFN2O2/c1-12(22)21(14-6-4-5-13(18)11-14)10-9-20-17(23)15-7-2-3-8-16(15)19/h2-8,11H,9-10H2,1H3,(H,20,23). The highest BCUT2D eigenvalue weighted by atomic mass is 79.9. The Balaban J connectivity index is 1.99. The molecule has 0 saturated heterocycles. The highest BCUT2D eigenvalue weighted by molar-refractivity contribution is 9.10.